The Morgan fingerprint density at radius 2 is 2.05 bits per heavy atom. The van der Waals surface area contributed by atoms with E-state index in [0.717, 1.165) is 17.0 Å². The van der Waals surface area contributed by atoms with Crippen molar-refractivity contribution in [1.29, 1.82) is 0 Å². The number of thioether (sulfide) groups is 1. The van der Waals surface area contributed by atoms with Gasteiger partial charge in [0.05, 0.1) is 6.61 Å². The molecule has 7 heteroatoms. The second-order valence-corrected chi connectivity index (χ2v) is 5.34. The lowest BCUT2D eigenvalue weighted by Gasteiger charge is -2.06. The van der Waals surface area contributed by atoms with Crippen molar-refractivity contribution >= 4 is 29.3 Å². The predicted octanol–water partition coefficient (Wildman–Crippen LogP) is 3.19. The summed E-state index contributed by atoms with van der Waals surface area (Å²) in [5.41, 5.74) is 6.67. The average Bonchev–Trinajstić information content (AvgIpc) is 2.44. The summed E-state index contributed by atoms with van der Waals surface area (Å²) < 4.78 is 5.37. The quantitative estimate of drug-likeness (QED) is 0.826. The highest BCUT2D eigenvalue weighted by molar-refractivity contribution is 7.98. The molecule has 0 amide bonds. The van der Waals surface area contributed by atoms with Crippen molar-refractivity contribution in [2.24, 2.45) is 0 Å². The van der Waals surface area contributed by atoms with Gasteiger partial charge in [0.25, 0.3) is 0 Å². The van der Waals surface area contributed by atoms with E-state index in [1.54, 1.807) is 0 Å². The van der Waals surface area contributed by atoms with Gasteiger partial charge < -0.3 is 10.5 Å². The van der Waals surface area contributed by atoms with E-state index in [2.05, 4.69) is 15.0 Å². The summed E-state index contributed by atoms with van der Waals surface area (Å²) in [6.45, 7) is 2.57. The van der Waals surface area contributed by atoms with Gasteiger partial charge in [0.1, 0.15) is 0 Å². The van der Waals surface area contributed by atoms with Crippen LogP contribution in [-0.2, 0) is 5.75 Å². The van der Waals surface area contributed by atoms with Gasteiger partial charge in [-0.2, -0.15) is 15.0 Å². The Balaban J connectivity index is 2.05. The molecule has 0 radical (unpaired) electrons. The summed E-state index contributed by atoms with van der Waals surface area (Å²) in [7, 11) is 0. The second kappa shape index (κ2) is 7.31. The Hall–Kier alpha value is -1.53. The second-order valence-electron chi connectivity index (χ2n) is 3.99. The number of halogens is 1. The van der Waals surface area contributed by atoms with Crippen molar-refractivity contribution in [3.63, 3.8) is 0 Å². The number of ether oxygens (including phenoxy) is 1. The Morgan fingerprint density at radius 1 is 1.25 bits per heavy atom. The van der Waals surface area contributed by atoms with Crippen LogP contribution in [0.5, 0.6) is 6.01 Å². The van der Waals surface area contributed by atoms with Crippen LogP contribution < -0.4 is 10.5 Å². The summed E-state index contributed by atoms with van der Waals surface area (Å²) in [4.78, 5) is 12.2. The summed E-state index contributed by atoms with van der Waals surface area (Å²) in [5.74, 6) is 0.823. The lowest BCUT2D eigenvalue weighted by atomic mass is 10.2. The molecule has 2 aromatic rings. The number of anilines is 1. The molecule has 0 aliphatic carbocycles. The highest BCUT2D eigenvalue weighted by atomic mass is 35.5. The van der Waals surface area contributed by atoms with Gasteiger partial charge >= 0.3 is 6.01 Å². The predicted molar refractivity (Wildman–Crippen MR) is 81.0 cm³/mol. The van der Waals surface area contributed by atoms with Crippen molar-refractivity contribution < 1.29 is 4.74 Å². The lowest BCUT2D eigenvalue weighted by molar-refractivity contribution is 0.288. The molecule has 0 saturated heterocycles. The number of benzene rings is 1. The lowest BCUT2D eigenvalue weighted by Crippen LogP contribution is -2.05. The van der Waals surface area contributed by atoms with Crippen molar-refractivity contribution in [1.82, 2.24) is 15.0 Å². The van der Waals surface area contributed by atoms with Gasteiger partial charge in [-0.25, -0.2) is 0 Å². The number of hydrogen-bond acceptors (Lipinski definition) is 6. The average molecular weight is 311 g/mol. The van der Waals surface area contributed by atoms with Gasteiger partial charge in [-0.05, 0) is 18.1 Å². The van der Waals surface area contributed by atoms with E-state index in [4.69, 9.17) is 22.1 Å². The van der Waals surface area contributed by atoms with Crippen LogP contribution in [0.25, 0.3) is 0 Å². The first-order chi connectivity index (χ1) is 9.69. The molecule has 0 bridgehead atoms. The van der Waals surface area contributed by atoms with Crippen molar-refractivity contribution in [2.45, 2.75) is 24.3 Å². The van der Waals surface area contributed by atoms with Gasteiger partial charge in [0, 0.05) is 10.8 Å². The van der Waals surface area contributed by atoms with Crippen LogP contribution in [0, 0.1) is 0 Å². The van der Waals surface area contributed by atoms with E-state index in [1.807, 2.05) is 31.2 Å². The zero-order valence-electron chi connectivity index (χ0n) is 11.0. The number of nitrogens with zero attached hydrogens (tertiary/aromatic N) is 3. The SMILES string of the molecule is CCCOc1nc(N)nc(SCc2ccccc2Cl)n1. The molecule has 2 N–H and O–H groups in total. The van der Waals surface area contributed by atoms with E-state index in [-0.39, 0.29) is 12.0 Å². The Morgan fingerprint density at radius 3 is 2.80 bits per heavy atom. The van der Waals surface area contributed by atoms with Crippen LogP contribution in [0.4, 0.5) is 5.95 Å². The van der Waals surface area contributed by atoms with Crippen molar-refractivity contribution in [2.75, 3.05) is 12.3 Å². The van der Waals surface area contributed by atoms with Gasteiger partial charge in [-0.1, -0.05) is 48.5 Å². The minimum atomic E-state index is 0.160. The normalized spacial score (nSPS) is 10.5. The Labute approximate surface area is 126 Å². The van der Waals surface area contributed by atoms with E-state index in [0.29, 0.717) is 17.5 Å². The summed E-state index contributed by atoms with van der Waals surface area (Å²) >= 11 is 7.55. The highest BCUT2D eigenvalue weighted by Gasteiger charge is 2.07. The first-order valence-corrected chi connectivity index (χ1v) is 7.56. The summed E-state index contributed by atoms with van der Waals surface area (Å²) in [6.07, 6.45) is 0.883. The molecule has 0 atom stereocenters. The molecule has 5 nitrogen and oxygen atoms in total. The van der Waals surface area contributed by atoms with E-state index >= 15 is 0 Å². The summed E-state index contributed by atoms with van der Waals surface area (Å²) in [5, 5.41) is 1.26. The first kappa shape index (κ1) is 14.9. The highest BCUT2D eigenvalue weighted by Crippen LogP contribution is 2.25. The third kappa shape index (κ3) is 4.25. The van der Waals surface area contributed by atoms with Gasteiger partial charge in [-0.3, -0.25) is 0 Å². The Kier molecular flexibility index (Phi) is 5.43. The number of rotatable bonds is 6. The third-order valence-corrected chi connectivity index (χ3v) is 3.63. The van der Waals surface area contributed by atoms with Crippen LogP contribution >= 0.6 is 23.4 Å². The fourth-order valence-corrected chi connectivity index (χ4v) is 2.55. The third-order valence-electron chi connectivity index (χ3n) is 2.36. The van der Waals surface area contributed by atoms with Gasteiger partial charge in [0.15, 0.2) is 5.16 Å². The zero-order valence-corrected chi connectivity index (χ0v) is 12.6. The summed E-state index contributed by atoms with van der Waals surface area (Å²) in [6, 6.07) is 7.93. The molecule has 106 valence electrons. The molecule has 0 aliphatic heterocycles. The molecule has 0 spiro atoms. The maximum absolute atomic E-state index is 6.11. The van der Waals surface area contributed by atoms with Crippen LogP contribution in [0.2, 0.25) is 5.02 Å². The van der Waals surface area contributed by atoms with Gasteiger partial charge in [0.2, 0.25) is 5.95 Å². The monoisotopic (exact) mass is 310 g/mol. The molecule has 1 heterocycles. The maximum Gasteiger partial charge on any atom is 0.322 e. The molecular formula is C13H15ClN4OS. The molecule has 0 unspecified atom stereocenters. The Bertz CT molecular complexity index is 582. The van der Waals surface area contributed by atoms with Crippen molar-refractivity contribution in [3.8, 4) is 6.01 Å². The largest absolute Gasteiger partial charge is 0.463 e. The molecule has 0 fully saturated rings. The van der Waals surface area contributed by atoms with E-state index < -0.39 is 0 Å². The number of nitrogens with two attached hydrogens (primary N) is 1. The number of nitrogen functional groups attached to an aromatic ring is 1. The van der Waals surface area contributed by atoms with Gasteiger partial charge in [-0.15, -0.1) is 0 Å². The fraction of sp³-hybridized carbons (Fsp3) is 0.308. The molecule has 0 saturated carbocycles. The number of aromatic nitrogens is 3. The standard InChI is InChI=1S/C13H15ClN4OS/c1-2-7-19-12-16-11(15)17-13(18-12)20-8-9-5-3-4-6-10(9)14/h3-6H,2,7-8H2,1H3,(H2,15,16,17,18). The van der Waals surface area contributed by atoms with Crippen LogP contribution in [0.3, 0.4) is 0 Å². The first-order valence-electron chi connectivity index (χ1n) is 6.19. The van der Waals surface area contributed by atoms with Crippen LogP contribution in [-0.4, -0.2) is 21.6 Å². The topological polar surface area (TPSA) is 73.9 Å². The number of hydrogen-bond donors (Lipinski definition) is 1. The molecule has 1 aromatic carbocycles. The zero-order chi connectivity index (χ0) is 14.4. The molecular weight excluding hydrogens is 296 g/mol. The molecule has 2 rings (SSSR count). The van der Waals surface area contributed by atoms with Crippen molar-refractivity contribution in [3.05, 3.63) is 34.9 Å². The van der Waals surface area contributed by atoms with E-state index in [1.165, 1.54) is 11.8 Å². The fourth-order valence-electron chi connectivity index (χ4n) is 1.43. The molecule has 1 aromatic heterocycles. The van der Waals surface area contributed by atoms with Crippen LogP contribution in [0.15, 0.2) is 29.4 Å². The smallest absolute Gasteiger partial charge is 0.322 e. The minimum Gasteiger partial charge on any atom is -0.463 e. The maximum atomic E-state index is 6.11. The van der Waals surface area contributed by atoms with Crippen LogP contribution in [0.1, 0.15) is 18.9 Å². The minimum absolute atomic E-state index is 0.160. The molecule has 20 heavy (non-hydrogen) atoms. The van der Waals surface area contributed by atoms with E-state index in [9.17, 15) is 0 Å². The molecule has 0 aliphatic rings.